The molecule has 5 rings (SSSR count). The number of amides is 1. The van der Waals surface area contributed by atoms with Crippen LogP contribution >= 0.6 is 23.5 Å². The molecule has 1 aliphatic carbocycles. The van der Waals surface area contributed by atoms with Crippen LogP contribution in [-0.4, -0.2) is 34.2 Å². The van der Waals surface area contributed by atoms with E-state index in [1.165, 1.54) is 23.1 Å². The molecule has 3 aliphatic rings. The standard InChI is InChI=1S/C23H23N3O2S2/c1-25-18-12-5-6-13-19(18)29-22(25)20-21(28)26(16-9-3-2-4-10-16)23(30-20)24-15-8-7-11-17(27)14-15/h5-8,11-14,16,27H,2-4,9-10H2,1H3. The largest absolute Gasteiger partial charge is 0.508 e. The van der Waals surface area contributed by atoms with Gasteiger partial charge < -0.3 is 10.0 Å². The second-order valence-corrected chi connectivity index (χ2v) is 9.75. The van der Waals surface area contributed by atoms with Crippen molar-refractivity contribution in [1.29, 1.82) is 0 Å². The number of hydrogen-bond acceptors (Lipinski definition) is 6. The quantitative estimate of drug-likeness (QED) is 0.611. The summed E-state index contributed by atoms with van der Waals surface area (Å²) >= 11 is 3.10. The third kappa shape index (κ3) is 3.50. The van der Waals surface area contributed by atoms with E-state index in [2.05, 4.69) is 17.0 Å². The predicted molar refractivity (Wildman–Crippen MR) is 124 cm³/mol. The molecule has 0 aromatic heterocycles. The van der Waals surface area contributed by atoms with Crippen LogP contribution < -0.4 is 4.90 Å². The fraction of sp³-hybridized carbons (Fsp3) is 0.304. The topological polar surface area (TPSA) is 56.1 Å². The average molecular weight is 438 g/mol. The number of thioether (sulfide) groups is 2. The highest BCUT2D eigenvalue weighted by Gasteiger charge is 2.42. The van der Waals surface area contributed by atoms with Crippen LogP contribution in [0.4, 0.5) is 11.4 Å². The van der Waals surface area contributed by atoms with E-state index < -0.39 is 0 Å². The Labute approximate surface area is 184 Å². The number of anilines is 1. The Hall–Kier alpha value is -2.38. The van der Waals surface area contributed by atoms with Gasteiger partial charge in [0.2, 0.25) is 0 Å². The summed E-state index contributed by atoms with van der Waals surface area (Å²) in [4.78, 5) is 24.3. The number of carbonyl (C=O) groups excluding carboxylic acids is 1. The molecule has 0 bridgehead atoms. The lowest BCUT2D eigenvalue weighted by Gasteiger charge is -2.30. The van der Waals surface area contributed by atoms with Crippen LogP contribution in [0.1, 0.15) is 32.1 Å². The summed E-state index contributed by atoms with van der Waals surface area (Å²) in [6.45, 7) is 0. The summed E-state index contributed by atoms with van der Waals surface area (Å²) in [5.74, 6) is 0.225. The van der Waals surface area contributed by atoms with Crippen molar-refractivity contribution in [3.05, 3.63) is 58.5 Å². The van der Waals surface area contributed by atoms with Crippen LogP contribution in [0.15, 0.2) is 68.4 Å². The summed E-state index contributed by atoms with van der Waals surface area (Å²) in [7, 11) is 2.02. The van der Waals surface area contributed by atoms with Crippen molar-refractivity contribution in [2.45, 2.75) is 43.0 Å². The summed E-state index contributed by atoms with van der Waals surface area (Å²) in [6.07, 6.45) is 5.54. The number of phenolic OH excluding ortho intramolecular Hbond substituents is 1. The highest BCUT2D eigenvalue weighted by atomic mass is 32.2. The molecule has 0 radical (unpaired) electrons. The molecule has 0 atom stereocenters. The predicted octanol–water partition coefficient (Wildman–Crippen LogP) is 5.70. The van der Waals surface area contributed by atoms with Crippen LogP contribution in [0.3, 0.4) is 0 Å². The van der Waals surface area contributed by atoms with Crippen molar-refractivity contribution in [3.63, 3.8) is 0 Å². The number of rotatable bonds is 2. The Morgan fingerprint density at radius 1 is 1.03 bits per heavy atom. The minimum absolute atomic E-state index is 0.0490. The van der Waals surface area contributed by atoms with Gasteiger partial charge in [-0.2, -0.15) is 0 Å². The molecule has 7 heteroatoms. The number of para-hydroxylation sites is 1. The Morgan fingerprint density at radius 3 is 2.60 bits per heavy atom. The molecule has 2 aliphatic heterocycles. The summed E-state index contributed by atoms with van der Waals surface area (Å²) in [5.41, 5.74) is 1.79. The van der Waals surface area contributed by atoms with Crippen molar-refractivity contribution >= 4 is 46.0 Å². The van der Waals surface area contributed by atoms with Gasteiger partial charge in [0.1, 0.15) is 10.7 Å². The maximum atomic E-state index is 13.6. The van der Waals surface area contributed by atoms with E-state index in [1.54, 1.807) is 30.0 Å². The molecule has 2 fully saturated rings. The van der Waals surface area contributed by atoms with Gasteiger partial charge in [-0.3, -0.25) is 9.69 Å². The minimum atomic E-state index is 0.0490. The van der Waals surface area contributed by atoms with Gasteiger partial charge in [0.05, 0.1) is 16.4 Å². The first-order valence-corrected chi connectivity index (χ1v) is 11.9. The lowest BCUT2D eigenvalue weighted by Crippen LogP contribution is -2.40. The smallest absolute Gasteiger partial charge is 0.269 e. The Balaban J connectivity index is 1.56. The van der Waals surface area contributed by atoms with Gasteiger partial charge in [0.15, 0.2) is 5.17 Å². The lowest BCUT2D eigenvalue weighted by molar-refractivity contribution is -0.124. The molecule has 2 heterocycles. The molecule has 2 aromatic rings. The van der Waals surface area contributed by atoms with E-state index in [1.807, 2.05) is 30.1 Å². The maximum Gasteiger partial charge on any atom is 0.269 e. The summed E-state index contributed by atoms with van der Waals surface area (Å²) < 4.78 is 0. The van der Waals surface area contributed by atoms with Gasteiger partial charge in [-0.05, 0) is 48.9 Å². The number of amidine groups is 1. The number of hydrogen-bond donors (Lipinski definition) is 1. The zero-order valence-electron chi connectivity index (χ0n) is 16.7. The van der Waals surface area contributed by atoms with E-state index in [0.717, 1.165) is 41.3 Å². The number of carbonyl (C=O) groups is 1. The average Bonchev–Trinajstić information content (AvgIpc) is 3.25. The number of benzene rings is 2. The SMILES string of the molecule is CN1C(=C2SC(=Nc3cccc(O)c3)N(C3CCCCC3)C2=O)Sc2ccccc21. The van der Waals surface area contributed by atoms with E-state index >= 15 is 0 Å². The fourth-order valence-corrected chi connectivity index (χ4v) is 6.63. The van der Waals surface area contributed by atoms with Gasteiger partial charge in [0.25, 0.3) is 5.91 Å². The van der Waals surface area contributed by atoms with Crippen LogP contribution in [0, 0.1) is 0 Å². The Bertz CT molecular complexity index is 1060. The number of fused-ring (bicyclic) bond motifs is 1. The van der Waals surface area contributed by atoms with Gasteiger partial charge in [0, 0.05) is 24.1 Å². The summed E-state index contributed by atoms with van der Waals surface area (Å²) in [5, 5.41) is 11.5. The molecule has 1 amide bonds. The first-order valence-electron chi connectivity index (χ1n) is 10.3. The van der Waals surface area contributed by atoms with Gasteiger partial charge in [-0.25, -0.2) is 4.99 Å². The Kier molecular flexibility index (Phi) is 5.25. The van der Waals surface area contributed by atoms with Crippen molar-refractivity contribution in [3.8, 4) is 5.75 Å². The third-order valence-corrected chi connectivity index (χ3v) is 8.15. The normalized spacial score (nSPS) is 23.5. The maximum absolute atomic E-state index is 13.6. The van der Waals surface area contributed by atoms with Crippen molar-refractivity contribution < 1.29 is 9.90 Å². The molecule has 5 nitrogen and oxygen atoms in total. The van der Waals surface area contributed by atoms with Crippen LogP contribution in [0.5, 0.6) is 5.75 Å². The van der Waals surface area contributed by atoms with Crippen molar-refractivity contribution in [2.24, 2.45) is 4.99 Å². The first kappa shape index (κ1) is 19.6. The fourth-order valence-electron chi connectivity index (χ4n) is 4.23. The Morgan fingerprint density at radius 2 is 1.83 bits per heavy atom. The van der Waals surface area contributed by atoms with Gasteiger partial charge in [-0.1, -0.05) is 49.2 Å². The molecule has 2 aromatic carbocycles. The number of nitrogens with zero attached hydrogens (tertiary/aromatic N) is 3. The van der Waals surface area contributed by atoms with E-state index in [4.69, 9.17) is 4.99 Å². The molecule has 1 N–H and O–H groups in total. The molecule has 1 saturated carbocycles. The van der Waals surface area contributed by atoms with Crippen molar-refractivity contribution in [2.75, 3.05) is 11.9 Å². The van der Waals surface area contributed by atoms with Crippen molar-refractivity contribution in [1.82, 2.24) is 4.90 Å². The number of aliphatic imine (C=N–C) groups is 1. The zero-order chi connectivity index (χ0) is 20.7. The molecule has 30 heavy (non-hydrogen) atoms. The van der Waals surface area contributed by atoms with Gasteiger partial charge in [-0.15, -0.1) is 0 Å². The molecular weight excluding hydrogens is 414 g/mol. The van der Waals surface area contributed by atoms with Gasteiger partial charge >= 0.3 is 0 Å². The van der Waals surface area contributed by atoms with E-state index in [0.29, 0.717) is 10.9 Å². The van der Waals surface area contributed by atoms with E-state index in [9.17, 15) is 9.90 Å². The molecule has 0 unspecified atom stereocenters. The zero-order valence-corrected chi connectivity index (χ0v) is 18.4. The first-order chi connectivity index (χ1) is 14.6. The second-order valence-electron chi connectivity index (χ2n) is 7.75. The highest BCUT2D eigenvalue weighted by molar-refractivity contribution is 8.19. The van der Waals surface area contributed by atoms with Crippen LogP contribution in [-0.2, 0) is 4.79 Å². The van der Waals surface area contributed by atoms with Crippen LogP contribution in [0.2, 0.25) is 0 Å². The van der Waals surface area contributed by atoms with E-state index in [-0.39, 0.29) is 17.7 Å². The molecular formula is C23H23N3O2S2. The second kappa shape index (κ2) is 8.04. The minimum Gasteiger partial charge on any atom is -0.508 e. The molecule has 154 valence electrons. The number of phenols is 1. The third-order valence-electron chi connectivity index (χ3n) is 5.74. The lowest BCUT2D eigenvalue weighted by atomic mass is 9.94. The molecule has 1 saturated heterocycles. The summed E-state index contributed by atoms with van der Waals surface area (Å²) in [6, 6.07) is 15.3. The monoisotopic (exact) mass is 437 g/mol. The van der Waals surface area contributed by atoms with Crippen LogP contribution in [0.25, 0.3) is 0 Å². The molecule has 0 spiro atoms. The highest BCUT2D eigenvalue weighted by Crippen LogP contribution is 2.50. The number of aromatic hydroxyl groups is 1.